The van der Waals surface area contributed by atoms with Crippen LogP contribution in [-0.2, 0) is 12.8 Å². The zero-order chi connectivity index (χ0) is 14.4. The maximum Gasteiger partial charge on any atom is 0.210 e. The van der Waals surface area contributed by atoms with E-state index in [4.69, 9.17) is 5.73 Å². The van der Waals surface area contributed by atoms with E-state index in [0.717, 1.165) is 29.0 Å². The molecule has 9 nitrogen and oxygen atoms in total. The molecule has 3 aromatic heterocycles. The van der Waals surface area contributed by atoms with E-state index in [-0.39, 0.29) is 0 Å². The first kappa shape index (κ1) is 12.5. The van der Waals surface area contributed by atoms with Crippen molar-refractivity contribution in [1.29, 1.82) is 0 Å². The third kappa shape index (κ3) is 2.20. The van der Waals surface area contributed by atoms with Gasteiger partial charge in [-0.15, -0.1) is 5.10 Å². The van der Waals surface area contributed by atoms with Crippen molar-refractivity contribution in [2.45, 2.75) is 29.8 Å². The molecule has 3 aromatic rings. The van der Waals surface area contributed by atoms with E-state index in [1.165, 1.54) is 11.8 Å². The molecule has 1 saturated carbocycles. The quantitative estimate of drug-likeness (QED) is 0.695. The summed E-state index contributed by atoms with van der Waals surface area (Å²) in [5, 5.41) is 17.5. The summed E-state index contributed by atoms with van der Waals surface area (Å²) in [7, 11) is 1.83. The monoisotopic (exact) mass is 303 g/mol. The van der Waals surface area contributed by atoms with E-state index >= 15 is 0 Å². The standard InChI is InChI=1S/C11H13N9S/c1-19-10-7(4-13-19)9(12)14-8(15-10)5-21-11-16-17-18-20(11)6-2-3-6/h4,6H,2-3,5H2,1H3,(H2,12,14,15). The van der Waals surface area contributed by atoms with Crippen molar-refractivity contribution >= 4 is 28.6 Å². The number of hydrogen-bond donors (Lipinski definition) is 1. The van der Waals surface area contributed by atoms with Crippen molar-refractivity contribution < 1.29 is 0 Å². The zero-order valence-electron chi connectivity index (χ0n) is 11.3. The summed E-state index contributed by atoms with van der Waals surface area (Å²) in [5.41, 5.74) is 6.68. The molecule has 1 fully saturated rings. The van der Waals surface area contributed by atoms with Gasteiger partial charge in [0.2, 0.25) is 5.16 Å². The highest BCUT2D eigenvalue weighted by atomic mass is 32.2. The van der Waals surface area contributed by atoms with E-state index in [9.17, 15) is 0 Å². The van der Waals surface area contributed by atoms with Crippen LogP contribution in [0.2, 0.25) is 0 Å². The van der Waals surface area contributed by atoms with Crippen LogP contribution in [0, 0.1) is 0 Å². The zero-order valence-corrected chi connectivity index (χ0v) is 12.2. The van der Waals surface area contributed by atoms with Crippen LogP contribution >= 0.6 is 11.8 Å². The first-order chi connectivity index (χ1) is 10.2. The molecular weight excluding hydrogens is 290 g/mol. The second-order valence-corrected chi connectivity index (χ2v) is 5.90. The minimum Gasteiger partial charge on any atom is -0.383 e. The normalized spacial score (nSPS) is 14.9. The van der Waals surface area contributed by atoms with Crippen LogP contribution in [0.1, 0.15) is 24.7 Å². The van der Waals surface area contributed by atoms with Gasteiger partial charge in [0.25, 0.3) is 0 Å². The van der Waals surface area contributed by atoms with Gasteiger partial charge in [-0.1, -0.05) is 11.8 Å². The third-order valence-corrected chi connectivity index (χ3v) is 4.28. The third-order valence-electron chi connectivity index (χ3n) is 3.35. The Morgan fingerprint density at radius 3 is 3.05 bits per heavy atom. The number of aryl methyl sites for hydroxylation is 1. The molecule has 0 unspecified atom stereocenters. The molecule has 0 spiro atoms. The Morgan fingerprint density at radius 2 is 2.24 bits per heavy atom. The lowest BCUT2D eigenvalue weighted by Gasteiger charge is -2.03. The second-order valence-electron chi connectivity index (χ2n) is 4.96. The second kappa shape index (κ2) is 4.65. The summed E-state index contributed by atoms with van der Waals surface area (Å²) >= 11 is 1.52. The van der Waals surface area contributed by atoms with Crippen LogP contribution in [-0.4, -0.2) is 40.0 Å². The summed E-state index contributed by atoms with van der Waals surface area (Å²) in [4.78, 5) is 8.81. The Morgan fingerprint density at radius 1 is 1.38 bits per heavy atom. The summed E-state index contributed by atoms with van der Waals surface area (Å²) in [6.07, 6.45) is 3.96. The number of thioether (sulfide) groups is 1. The molecule has 108 valence electrons. The van der Waals surface area contributed by atoms with E-state index in [1.807, 2.05) is 11.7 Å². The minimum atomic E-state index is 0.450. The van der Waals surface area contributed by atoms with Crippen LogP contribution in [0.3, 0.4) is 0 Å². The highest BCUT2D eigenvalue weighted by molar-refractivity contribution is 7.98. The minimum absolute atomic E-state index is 0.450. The molecule has 0 radical (unpaired) electrons. The van der Waals surface area contributed by atoms with Gasteiger partial charge in [-0.25, -0.2) is 14.6 Å². The van der Waals surface area contributed by atoms with Crippen LogP contribution in [0.25, 0.3) is 11.0 Å². The van der Waals surface area contributed by atoms with Gasteiger partial charge in [0.05, 0.1) is 23.4 Å². The summed E-state index contributed by atoms with van der Waals surface area (Å²) < 4.78 is 3.56. The maximum atomic E-state index is 5.95. The Bertz CT molecular complexity index is 803. The maximum absolute atomic E-state index is 5.95. The molecule has 0 aliphatic heterocycles. The van der Waals surface area contributed by atoms with Gasteiger partial charge < -0.3 is 5.73 Å². The number of rotatable bonds is 4. The number of hydrogen-bond acceptors (Lipinski definition) is 8. The molecule has 21 heavy (non-hydrogen) atoms. The number of fused-ring (bicyclic) bond motifs is 1. The van der Waals surface area contributed by atoms with Gasteiger partial charge in [-0.3, -0.25) is 4.68 Å². The molecule has 1 aliphatic carbocycles. The molecular formula is C11H13N9S. The smallest absolute Gasteiger partial charge is 0.210 e. The fraction of sp³-hybridized carbons (Fsp3) is 0.455. The average Bonchev–Trinajstić information content (AvgIpc) is 3.09. The number of tetrazole rings is 1. The predicted molar refractivity (Wildman–Crippen MR) is 76.4 cm³/mol. The average molecular weight is 303 g/mol. The molecule has 0 aromatic carbocycles. The summed E-state index contributed by atoms with van der Waals surface area (Å²) in [5.74, 6) is 1.67. The number of nitrogens with two attached hydrogens (primary N) is 1. The van der Waals surface area contributed by atoms with Crippen LogP contribution in [0.15, 0.2) is 11.4 Å². The lowest BCUT2D eigenvalue weighted by Crippen LogP contribution is -2.03. The van der Waals surface area contributed by atoms with E-state index in [1.54, 1.807) is 10.9 Å². The fourth-order valence-electron chi connectivity index (χ4n) is 2.11. The van der Waals surface area contributed by atoms with E-state index in [0.29, 0.717) is 23.4 Å². The lowest BCUT2D eigenvalue weighted by molar-refractivity contribution is 0.565. The SMILES string of the molecule is Cn1ncc2c(N)nc(CSc3nnnn3C3CC3)nc21. The molecule has 10 heteroatoms. The molecule has 0 atom stereocenters. The predicted octanol–water partition coefficient (Wildman–Crippen LogP) is 0.559. The molecule has 4 rings (SSSR count). The van der Waals surface area contributed by atoms with Gasteiger partial charge in [0.1, 0.15) is 11.6 Å². The lowest BCUT2D eigenvalue weighted by atomic mass is 10.4. The fourth-order valence-corrected chi connectivity index (χ4v) is 2.91. The molecule has 1 aliphatic rings. The molecule has 2 N–H and O–H groups in total. The Balaban J connectivity index is 1.59. The Kier molecular flexibility index (Phi) is 2.77. The highest BCUT2D eigenvalue weighted by Crippen LogP contribution is 2.36. The van der Waals surface area contributed by atoms with Crippen molar-refractivity contribution in [2.24, 2.45) is 7.05 Å². The molecule has 0 amide bonds. The Hall–Kier alpha value is -2.23. The largest absolute Gasteiger partial charge is 0.383 e. The van der Waals surface area contributed by atoms with Crippen LogP contribution in [0.4, 0.5) is 5.82 Å². The van der Waals surface area contributed by atoms with Crippen molar-refractivity contribution in [2.75, 3.05) is 5.73 Å². The van der Waals surface area contributed by atoms with E-state index in [2.05, 4.69) is 30.6 Å². The van der Waals surface area contributed by atoms with Crippen LogP contribution < -0.4 is 5.73 Å². The molecule has 0 saturated heterocycles. The topological polar surface area (TPSA) is 113 Å². The van der Waals surface area contributed by atoms with Crippen molar-refractivity contribution in [3.63, 3.8) is 0 Å². The van der Waals surface area contributed by atoms with Gasteiger partial charge in [-0.05, 0) is 23.3 Å². The number of nitrogens with zero attached hydrogens (tertiary/aromatic N) is 8. The Labute approximate surface area is 123 Å². The van der Waals surface area contributed by atoms with Gasteiger partial charge >= 0.3 is 0 Å². The van der Waals surface area contributed by atoms with Gasteiger partial charge in [0, 0.05) is 7.05 Å². The van der Waals surface area contributed by atoms with Crippen molar-refractivity contribution in [3.05, 3.63) is 12.0 Å². The van der Waals surface area contributed by atoms with Crippen molar-refractivity contribution in [3.8, 4) is 0 Å². The first-order valence-electron chi connectivity index (χ1n) is 6.57. The van der Waals surface area contributed by atoms with Crippen LogP contribution in [0.5, 0.6) is 0 Å². The summed E-state index contributed by atoms with van der Waals surface area (Å²) in [6, 6.07) is 0.452. The molecule has 3 heterocycles. The van der Waals surface area contributed by atoms with Gasteiger partial charge in [0.15, 0.2) is 5.65 Å². The van der Waals surface area contributed by atoms with Gasteiger partial charge in [-0.2, -0.15) is 5.10 Å². The highest BCUT2D eigenvalue weighted by Gasteiger charge is 2.28. The van der Waals surface area contributed by atoms with E-state index < -0.39 is 0 Å². The summed E-state index contributed by atoms with van der Waals surface area (Å²) in [6.45, 7) is 0. The number of nitrogen functional groups attached to an aromatic ring is 1. The van der Waals surface area contributed by atoms with Crippen molar-refractivity contribution in [1.82, 2.24) is 40.0 Å². The number of aromatic nitrogens is 8. The first-order valence-corrected chi connectivity index (χ1v) is 7.55. The molecule has 0 bridgehead atoms. The number of anilines is 1.